The zero-order chi connectivity index (χ0) is 18.6. The van der Waals surface area contributed by atoms with Crippen LogP contribution in [0.2, 0.25) is 0 Å². The van der Waals surface area contributed by atoms with Crippen LogP contribution in [0, 0.1) is 0 Å². The molecule has 2 aromatic carbocycles. The van der Waals surface area contributed by atoms with Crippen molar-refractivity contribution in [1.29, 1.82) is 0 Å². The number of nitrogens with one attached hydrogen (secondary N) is 1. The van der Waals surface area contributed by atoms with Gasteiger partial charge in [0.15, 0.2) is 11.0 Å². The van der Waals surface area contributed by atoms with Crippen molar-refractivity contribution in [2.45, 2.75) is 6.54 Å². The minimum absolute atomic E-state index is 0.404. The molecular formula is C19H23N7S. The van der Waals surface area contributed by atoms with E-state index in [4.69, 9.17) is 16.6 Å². The second-order valence-corrected chi connectivity index (χ2v) is 7.52. The highest BCUT2D eigenvalue weighted by Gasteiger charge is 2.20. The zero-order valence-corrected chi connectivity index (χ0v) is 15.8. The van der Waals surface area contributed by atoms with Crippen molar-refractivity contribution in [3.8, 4) is 0 Å². The second-order valence-electron chi connectivity index (χ2n) is 6.51. The Balaban J connectivity index is 1.42. The third kappa shape index (κ3) is 3.87. The molecule has 27 heavy (non-hydrogen) atoms. The normalized spacial score (nSPS) is 16.0. The lowest BCUT2D eigenvalue weighted by Crippen LogP contribution is -2.46. The van der Waals surface area contributed by atoms with Gasteiger partial charge in [0.05, 0.1) is 10.2 Å². The maximum atomic E-state index is 6.02. The number of hydrogen-bond donors (Lipinski definition) is 3. The Kier molecular flexibility index (Phi) is 5.19. The van der Waals surface area contributed by atoms with Crippen molar-refractivity contribution in [3.63, 3.8) is 0 Å². The van der Waals surface area contributed by atoms with Gasteiger partial charge in [-0.1, -0.05) is 47.7 Å². The van der Waals surface area contributed by atoms with Gasteiger partial charge < -0.3 is 10.6 Å². The van der Waals surface area contributed by atoms with Gasteiger partial charge >= 0.3 is 0 Å². The van der Waals surface area contributed by atoms with Crippen LogP contribution in [0.25, 0.3) is 10.2 Å². The number of hydrogen-bond acceptors (Lipinski definition) is 7. The molecule has 0 spiro atoms. The average Bonchev–Trinajstić information content (AvgIpc) is 3.13. The van der Waals surface area contributed by atoms with Crippen molar-refractivity contribution in [2.24, 2.45) is 16.7 Å². The van der Waals surface area contributed by atoms with E-state index in [0.717, 1.165) is 54.5 Å². The van der Waals surface area contributed by atoms with Crippen molar-refractivity contribution in [3.05, 3.63) is 59.7 Å². The molecule has 1 aliphatic heterocycles. The summed E-state index contributed by atoms with van der Waals surface area (Å²) in [5, 5.41) is 5.02. The van der Waals surface area contributed by atoms with Crippen LogP contribution in [0.15, 0.2) is 53.6 Å². The summed E-state index contributed by atoms with van der Waals surface area (Å²) in [5.74, 6) is 5.67. The first kappa shape index (κ1) is 17.7. The lowest BCUT2D eigenvalue weighted by atomic mass is 10.1. The monoisotopic (exact) mass is 381 g/mol. The fourth-order valence-corrected chi connectivity index (χ4v) is 4.39. The number of anilines is 1. The summed E-state index contributed by atoms with van der Waals surface area (Å²) in [6.07, 6.45) is 0. The first-order valence-corrected chi connectivity index (χ1v) is 9.76. The third-order valence-electron chi connectivity index (χ3n) is 4.80. The minimum atomic E-state index is 0.404. The number of nitrogens with zero attached hydrogens (tertiary/aromatic N) is 4. The molecular weight excluding hydrogens is 358 g/mol. The van der Waals surface area contributed by atoms with Crippen LogP contribution in [-0.2, 0) is 6.54 Å². The number of piperazine rings is 1. The molecule has 4 rings (SSSR count). The Labute approximate surface area is 162 Å². The van der Waals surface area contributed by atoms with E-state index in [9.17, 15) is 0 Å². The van der Waals surface area contributed by atoms with E-state index in [1.54, 1.807) is 11.3 Å². The fraction of sp³-hybridized carbons (Fsp3) is 0.263. The van der Waals surface area contributed by atoms with Crippen LogP contribution in [0.5, 0.6) is 0 Å². The van der Waals surface area contributed by atoms with Crippen LogP contribution in [0.1, 0.15) is 11.1 Å². The summed E-state index contributed by atoms with van der Waals surface area (Å²) in [6, 6.07) is 16.4. The fourth-order valence-electron chi connectivity index (χ4n) is 3.37. The number of hydrazine groups is 1. The molecule has 3 aromatic rings. The Morgan fingerprint density at radius 2 is 1.81 bits per heavy atom. The van der Waals surface area contributed by atoms with Gasteiger partial charge in [-0.3, -0.25) is 4.90 Å². The van der Waals surface area contributed by atoms with E-state index in [1.807, 2.05) is 24.3 Å². The Morgan fingerprint density at radius 3 is 2.59 bits per heavy atom. The van der Waals surface area contributed by atoms with Gasteiger partial charge in [-0.25, -0.2) is 16.4 Å². The first-order valence-electron chi connectivity index (χ1n) is 8.94. The number of nitrogens with two attached hydrogens (primary N) is 2. The minimum Gasteiger partial charge on any atom is -0.382 e. The van der Waals surface area contributed by atoms with Crippen molar-refractivity contribution in [2.75, 3.05) is 31.1 Å². The van der Waals surface area contributed by atoms with Gasteiger partial charge in [-0.2, -0.15) is 0 Å². The second kappa shape index (κ2) is 7.91. The number of amidine groups is 1. The Morgan fingerprint density at radius 1 is 1.07 bits per heavy atom. The largest absolute Gasteiger partial charge is 0.382 e. The summed E-state index contributed by atoms with van der Waals surface area (Å²) >= 11 is 1.77. The molecule has 0 radical (unpaired) electrons. The summed E-state index contributed by atoms with van der Waals surface area (Å²) in [6.45, 7) is 4.74. The van der Waals surface area contributed by atoms with Crippen LogP contribution in [-0.4, -0.2) is 41.9 Å². The smallest absolute Gasteiger partial charge is 0.186 e. The first-order chi connectivity index (χ1) is 13.2. The van der Waals surface area contributed by atoms with Gasteiger partial charge in [0.2, 0.25) is 0 Å². The number of aromatic nitrogens is 1. The van der Waals surface area contributed by atoms with Crippen LogP contribution >= 0.6 is 11.3 Å². The van der Waals surface area contributed by atoms with Gasteiger partial charge in [0.25, 0.3) is 0 Å². The molecule has 1 aromatic heterocycles. The predicted octanol–water partition coefficient (Wildman–Crippen LogP) is 1.70. The predicted molar refractivity (Wildman–Crippen MR) is 112 cm³/mol. The maximum Gasteiger partial charge on any atom is 0.186 e. The highest BCUT2D eigenvalue weighted by Crippen LogP contribution is 2.29. The Hall–Kier alpha value is -2.68. The maximum absolute atomic E-state index is 6.02. The number of rotatable bonds is 5. The van der Waals surface area contributed by atoms with Crippen LogP contribution < -0.4 is 22.0 Å². The van der Waals surface area contributed by atoms with Crippen molar-refractivity contribution < 1.29 is 0 Å². The van der Waals surface area contributed by atoms with E-state index in [2.05, 4.69) is 44.7 Å². The lowest BCUT2D eigenvalue weighted by molar-refractivity contribution is 0.249. The molecule has 0 aliphatic carbocycles. The highest BCUT2D eigenvalue weighted by molar-refractivity contribution is 7.22. The number of para-hydroxylation sites is 1. The van der Waals surface area contributed by atoms with E-state index >= 15 is 0 Å². The summed E-state index contributed by atoms with van der Waals surface area (Å²) < 4.78 is 1.24. The average molecular weight is 382 g/mol. The number of benzene rings is 2. The van der Waals surface area contributed by atoms with Gasteiger partial charge in [0, 0.05) is 38.3 Å². The summed E-state index contributed by atoms with van der Waals surface area (Å²) in [4.78, 5) is 9.59. The molecule has 1 aliphatic rings. The molecule has 1 fully saturated rings. The molecule has 0 amide bonds. The third-order valence-corrected chi connectivity index (χ3v) is 5.89. The van der Waals surface area contributed by atoms with Gasteiger partial charge in [-0.05, 0) is 17.7 Å². The van der Waals surface area contributed by atoms with Crippen molar-refractivity contribution >= 4 is 32.5 Å². The van der Waals surface area contributed by atoms with Crippen LogP contribution in [0.4, 0.5) is 5.13 Å². The summed E-state index contributed by atoms with van der Waals surface area (Å²) in [5.41, 5.74) is 11.4. The molecule has 140 valence electrons. The molecule has 0 bridgehead atoms. The molecule has 7 nitrogen and oxygen atoms in total. The van der Waals surface area contributed by atoms with E-state index in [1.165, 1.54) is 4.70 Å². The number of hydrazone groups is 1. The van der Waals surface area contributed by atoms with E-state index in [-0.39, 0.29) is 0 Å². The molecule has 5 N–H and O–H groups in total. The Bertz CT molecular complexity index is 911. The van der Waals surface area contributed by atoms with E-state index < -0.39 is 0 Å². The molecule has 1 saturated heterocycles. The lowest BCUT2D eigenvalue weighted by Gasteiger charge is -2.34. The highest BCUT2D eigenvalue weighted by atomic mass is 32.1. The molecule has 8 heteroatoms. The zero-order valence-electron chi connectivity index (χ0n) is 15.0. The van der Waals surface area contributed by atoms with Crippen LogP contribution in [0.3, 0.4) is 0 Å². The molecule has 2 heterocycles. The van der Waals surface area contributed by atoms with Crippen molar-refractivity contribution in [1.82, 2.24) is 15.4 Å². The number of fused-ring (bicyclic) bond motifs is 1. The molecule has 0 saturated carbocycles. The number of thiazole rings is 1. The van der Waals surface area contributed by atoms with Gasteiger partial charge in [0.1, 0.15) is 0 Å². The SMILES string of the molecule is NN/N=C(\N)c1ccccc1CN1CCN(c2nc3ccccc3s2)CC1. The standard InChI is InChI=1S/C19H23N7S/c20-18(23-24-21)15-6-2-1-5-14(15)13-25-9-11-26(12-10-25)19-22-16-7-3-4-8-17(16)27-19/h1-8,24H,9-13,21H2,(H2,20,23). The van der Waals surface area contributed by atoms with E-state index in [0.29, 0.717) is 5.84 Å². The topological polar surface area (TPSA) is 95.8 Å². The molecule has 0 atom stereocenters. The summed E-state index contributed by atoms with van der Waals surface area (Å²) in [7, 11) is 0. The quantitative estimate of drug-likeness (QED) is 0.269. The van der Waals surface area contributed by atoms with Gasteiger partial charge in [-0.15, -0.1) is 5.10 Å². The molecule has 0 unspecified atom stereocenters.